The molecule has 0 spiro atoms. The van der Waals surface area contributed by atoms with Crippen molar-refractivity contribution in [3.63, 3.8) is 0 Å². The van der Waals surface area contributed by atoms with Crippen LogP contribution in [0.4, 0.5) is 0 Å². The summed E-state index contributed by atoms with van der Waals surface area (Å²) in [5, 5.41) is 12.0. The maximum atomic E-state index is 5.38. The van der Waals surface area contributed by atoms with Crippen LogP contribution in [0.2, 0.25) is 0 Å². The van der Waals surface area contributed by atoms with Gasteiger partial charge in [-0.3, -0.25) is 0 Å². The molecule has 1 aliphatic rings. The van der Waals surface area contributed by atoms with Crippen LogP contribution >= 0.6 is 0 Å². The predicted octanol–water partition coefficient (Wildman–Crippen LogP) is 2.15. The average molecular weight is 340 g/mol. The van der Waals surface area contributed by atoms with Gasteiger partial charge in [0.2, 0.25) is 17.6 Å². The zero-order valence-corrected chi connectivity index (χ0v) is 14.5. The van der Waals surface area contributed by atoms with E-state index in [-0.39, 0.29) is 0 Å². The lowest BCUT2D eigenvalue weighted by molar-refractivity contribution is 0.341. The SMILES string of the molecule is COc1ccc(-c2noc(Cn3cnc4c3C[C@@H](C)[C@@H](C)C4)n2)nn1. The van der Waals surface area contributed by atoms with Crippen LogP contribution in [-0.4, -0.2) is 37.0 Å². The van der Waals surface area contributed by atoms with Crippen LogP contribution in [-0.2, 0) is 19.4 Å². The Kier molecular flexibility index (Phi) is 3.95. The first-order valence-electron chi connectivity index (χ1n) is 8.37. The largest absolute Gasteiger partial charge is 0.480 e. The van der Waals surface area contributed by atoms with Crippen LogP contribution in [0.3, 0.4) is 0 Å². The van der Waals surface area contributed by atoms with Gasteiger partial charge in [-0.1, -0.05) is 19.0 Å². The first kappa shape index (κ1) is 15.7. The number of ether oxygens (including phenoxy) is 1. The molecule has 0 radical (unpaired) electrons. The molecule has 3 aromatic rings. The molecule has 0 bridgehead atoms. The average Bonchev–Trinajstić information content (AvgIpc) is 3.24. The summed E-state index contributed by atoms with van der Waals surface area (Å²) in [6.07, 6.45) is 3.92. The van der Waals surface area contributed by atoms with E-state index >= 15 is 0 Å². The van der Waals surface area contributed by atoms with Crippen molar-refractivity contribution in [2.45, 2.75) is 33.2 Å². The van der Waals surface area contributed by atoms with Crippen molar-refractivity contribution in [3.05, 3.63) is 35.7 Å². The first-order valence-corrected chi connectivity index (χ1v) is 8.37. The Bertz CT molecular complexity index is 870. The molecule has 2 atom stereocenters. The normalized spacial score (nSPS) is 19.6. The van der Waals surface area contributed by atoms with E-state index in [1.807, 2.05) is 6.33 Å². The summed E-state index contributed by atoms with van der Waals surface area (Å²) in [6.45, 7) is 5.09. The van der Waals surface area contributed by atoms with Gasteiger partial charge in [-0.2, -0.15) is 4.98 Å². The third-order valence-electron chi connectivity index (χ3n) is 4.89. The Morgan fingerprint density at radius 2 is 2.04 bits per heavy atom. The second-order valence-corrected chi connectivity index (χ2v) is 6.60. The fourth-order valence-corrected chi connectivity index (χ4v) is 3.12. The fourth-order valence-electron chi connectivity index (χ4n) is 3.12. The molecule has 130 valence electrons. The molecule has 0 saturated carbocycles. The van der Waals surface area contributed by atoms with E-state index in [0.29, 0.717) is 41.7 Å². The lowest BCUT2D eigenvalue weighted by Crippen LogP contribution is -2.22. The van der Waals surface area contributed by atoms with Crippen molar-refractivity contribution in [1.82, 2.24) is 29.9 Å². The van der Waals surface area contributed by atoms with Gasteiger partial charge in [0.25, 0.3) is 0 Å². The molecule has 3 aromatic heterocycles. The number of hydrogen-bond donors (Lipinski definition) is 0. The predicted molar refractivity (Wildman–Crippen MR) is 88.9 cm³/mol. The molecule has 0 amide bonds. The van der Waals surface area contributed by atoms with Crippen molar-refractivity contribution in [3.8, 4) is 17.4 Å². The highest BCUT2D eigenvalue weighted by Crippen LogP contribution is 2.29. The lowest BCUT2D eigenvalue weighted by Gasteiger charge is -2.25. The Balaban J connectivity index is 1.54. The van der Waals surface area contributed by atoms with Crippen LogP contribution in [0.15, 0.2) is 23.0 Å². The van der Waals surface area contributed by atoms with Crippen LogP contribution in [0.1, 0.15) is 31.1 Å². The van der Waals surface area contributed by atoms with Crippen LogP contribution < -0.4 is 4.74 Å². The van der Waals surface area contributed by atoms with Crippen LogP contribution in [0, 0.1) is 11.8 Å². The minimum atomic E-state index is 0.418. The maximum absolute atomic E-state index is 5.38. The van der Waals surface area contributed by atoms with E-state index < -0.39 is 0 Å². The van der Waals surface area contributed by atoms with Gasteiger partial charge in [0.15, 0.2) is 0 Å². The molecule has 0 aliphatic heterocycles. The van der Waals surface area contributed by atoms with E-state index in [1.165, 1.54) is 11.4 Å². The zero-order chi connectivity index (χ0) is 17.4. The molecule has 0 N–H and O–H groups in total. The molecule has 3 heterocycles. The van der Waals surface area contributed by atoms with Crippen LogP contribution in [0.5, 0.6) is 5.88 Å². The van der Waals surface area contributed by atoms with Gasteiger partial charge in [0, 0.05) is 11.8 Å². The fraction of sp³-hybridized carbons (Fsp3) is 0.471. The number of rotatable bonds is 4. The Labute approximate surface area is 145 Å². The lowest BCUT2D eigenvalue weighted by atomic mass is 9.82. The molecule has 4 rings (SSSR count). The van der Waals surface area contributed by atoms with Crippen LogP contribution in [0.25, 0.3) is 11.5 Å². The number of imidazole rings is 1. The third kappa shape index (κ3) is 2.99. The van der Waals surface area contributed by atoms with Crippen molar-refractivity contribution in [2.24, 2.45) is 11.8 Å². The van der Waals surface area contributed by atoms with E-state index in [2.05, 4.69) is 43.7 Å². The smallest absolute Gasteiger partial charge is 0.246 e. The van der Waals surface area contributed by atoms with Gasteiger partial charge in [0.1, 0.15) is 12.2 Å². The quantitative estimate of drug-likeness (QED) is 0.718. The van der Waals surface area contributed by atoms with Crippen molar-refractivity contribution >= 4 is 0 Å². The number of nitrogens with zero attached hydrogens (tertiary/aromatic N) is 6. The van der Waals surface area contributed by atoms with Gasteiger partial charge in [0.05, 0.1) is 19.1 Å². The highest BCUT2D eigenvalue weighted by atomic mass is 16.5. The third-order valence-corrected chi connectivity index (χ3v) is 4.89. The monoisotopic (exact) mass is 340 g/mol. The van der Waals surface area contributed by atoms with Gasteiger partial charge < -0.3 is 13.8 Å². The Morgan fingerprint density at radius 1 is 1.20 bits per heavy atom. The molecule has 0 fully saturated rings. The van der Waals surface area contributed by atoms with Gasteiger partial charge in [-0.05, 0) is 30.7 Å². The van der Waals surface area contributed by atoms with E-state index in [1.54, 1.807) is 19.2 Å². The minimum Gasteiger partial charge on any atom is -0.480 e. The molecule has 25 heavy (non-hydrogen) atoms. The number of methoxy groups -OCH3 is 1. The van der Waals surface area contributed by atoms with Crippen molar-refractivity contribution < 1.29 is 9.26 Å². The standard InChI is InChI=1S/C17H20N6O2/c1-10-6-13-14(7-11(10)2)23(9-18-13)8-16-19-17(22-25-16)12-4-5-15(24-3)21-20-12/h4-5,9-11H,6-8H2,1-3H3/t10-,11+/m0/s1. The summed E-state index contributed by atoms with van der Waals surface area (Å²) in [5.74, 6) is 2.70. The molecule has 1 aliphatic carbocycles. The maximum Gasteiger partial charge on any atom is 0.246 e. The summed E-state index contributed by atoms with van der Waals surface area (Å²) in [7, 11) is 1.55. The summed E-state index contributed by atoms with van der Waals surface area (Å²) in [5.41, 5.74) is 3.01. The summed E-state index contributed by atoms with van der Waals surface area (Å²) < 4.78 is 12.5. The summed E-state index contributed by atoms with van der Waals surface area (Å²) in [6, 6.07) is 3.47. The zero-order valence-electron chi connectivity index (χ0n) is 14.5. The van der Waals surface area contributed by atoms with E-state index in [4.69, 9.17) is 9.26 Å². The Morgan fingerprint density at radius 3 is 2.80 bits per heavy atom. The molecule has 8 heteroatoms. The van der Waals surface area contributed by atoms with Gasteiger partial charge in [-0.25, -0.2) is 4.98 Å². The molecule has 0 unspecified atom stereocenters. The van der Waals surface area contributed by atoms with Gasteiger partial charge >= 0.3 is 0 Å². The van der Waals surface area contributed by atoms with E-state index in [0.717, 1.165) is 12.8 Å². The van der Waals surface area contributed by atoms with Crippen molar-refractivity contribution in [2.75, 3.05) is 7.11 Å². The number of aromatic nitrogens is 6. The molecule has 0 saturated heterocycles. The van der Waals surface area contributed by atoms with Gasteiger partial charge in [-0.15, -0.1) is 10.2 Å². The summed E-state index contributed by atoms with van der Waals surface area (Å²) >= 11 is 0. The molecule has 8 nitrogen and oxygen atoms in total. The second kappa shape index (κ2) is 6.27. The number of hydrogen-bond acceptors (Lipinski definition) is 7. The van der Waals surface area contributed by atoms with Crippen molar-refractivity contribution in [1.29, 1.82) is 0 Å². The summed E-state index contributed by atoms with van der Waals surface area (Å²) in [4.78, 5) is 8.98. The second-order valence-electron chi connectivity index (χ2n) is 6.60. The molecular weight excluding hydrogens is 320 g/mol. The Hall–Kier alpha value is -2.77. The molecule has 0 aromatic carbocycles. The molecular formula is C17H20N6O2. The van der Waals surface area contributed by atoms with E-state index in [9.17, 15) is 0 Å². The first-order chi connectivity index (χ1) is 12.1. The number of fused-ring (bicyclic) bond motifs is 1. The minimum absolute atomic E-state index is 0.418. The highest BCUT2D eigenvalue weighted by molar-refractivity contribution is 5.47. The highest BCUT2D eigenvalue weighted by Gasteiger charge is 2.26. The topological polar surface area (TPSA) is 91.8 Å².